The fourth-order valence-electron chi connectivity index (χ4n) is 2.39. The lowest BCUT2D eigenvalue weighted by Crippen LogP contribution is -2.41. The minimum Gasteiger partial charge on any atom is -0.497 e. The topological polar surface area (TPSA) is 58.6 Å². The molecule has 4 heteroatoms. The van der Waals surface area contributed by atoms with Crippen LogP contribution in [0, 0.1) is 5.41 Å². The van der Waals surface area contributed by atoms with Crippen LogP contribution >= 0.6 is 0 Å². The standard InChI is InChI=1S/C13H17NO3/c1-13(12(15)14-16)6-5-9-3-4-11(17-2)7-10(9)8-13/h3-4,7,16H,5-6,8H2,1-2H3,(H,14,15). The van der Waals surface area contributed by atoms with E-state index in [-0.39, 0.29) is 5.91 Å². The van der Waals surface area contributed by atoms with Gasteiger partial charge < -0.3 is 4.74 Å². The van der Waals surface area contributed by atoms with E-state index in [1.807, 2.05) is 25.1 Å². The summed E-state index contributed by atoms with van der Waals surface area (Å²) in [7, 11) is 1.63. The number of amides is 1. The van der Waals surface area contributed by atoms with E-state index in [0.717, 1.165) is 24.2 Å². The van der Waals surface area contributed by atoms with Crippen molar-refractivity contribution in [3.63, 3.8) is 0 Å². The van der Waals surface area contributed by atoms with Crippen molar-refractivity contribution in [2.24, 2.45) is 5.41 Å². The predicted octanol–water partition coefficient (Wildman–Crippen LogP) is 1.70. The first-order valence-corrected chi connectivity index (χ1v) is 5.69. The lowest BCUT2D eigenvalue weighted by Gasteiger charge is -2.32. The van der Waals surface area contributed by atoms with Crippen molar-refractivity contribution in [3.8, 4) is 5.75 Å². The number of methoxy groups -OCH3 is 1. The summed E-state index contributed by atoms with van der Waals surface area (Å²) < 4.78 is 5.19. The highest BCUT2D eigenvalue weighted by molar-refractivity contribution is 5.81. The molecule has 1 atom stereocenters. The predicted molar refractivity (Wildman–Crippen MR) is 63.1 cm³/mol. The van der Waals surface area contributed by atoms with Crippen molar-refractivity contribution >= 4 is 5.91 Å². The Balaban J connectivity index is 2.31. The van der Waals surface area contributed by atoms with Gasteiger partial charge in [0, 0.05) is 0 Å². The quantitative estimate of drug-likeness (QED) is 0.606. The van der Waals surface area contributed by atoms with Crippen molar-refractivity contribution in [1.82, 2.24) is 5.48 Å². The Morgan fingerprint density at radius 3 is 2.88 bits per heavy atom. The summed E-state index contributed by atoms with van der Waals surface area (Å²) in [6.07, 6.45) is 2.23. The summed E-state index contributed by atoms with van der Waals surface area (Å²) in [5.41, 5.74) is 3.62. The number of hydroxylamine groups is 1. The summed E-state index contributed by atoms with van der Waals surface area (Å²) in [6.45, 7) is 1.88. The second-order valence-corrected chi connectivity index (χ2v) is 4.81. The SMILES string of the molecule is COc1ccc2c(c1)CC(C)(C(=O)NO)CC2. The van der Waals surface area contributed by atoms with Gasteiger partial charge in [-0.3, -0.25) is 10.0 Å². The molecule has 4 nitrogen and oxygen atoms in total. The highest BCUT2D eigenvalue weighted by Gasteiger charge is 2.36. The average Bonchev–Trinajstić information content (AvgIpc) is 2.36. The molecule has 0 saturated carbocycles. The van der Waals surface area contributed by atoms with E-state index in [9.17, 15) is 4.79 Å². The Kier molecular flexibility index (Phi) is 3.07. The van der Waals surface area contributed by atoms with Gasteiger partial charge in [-0.1, -0.05) is 13.0 Å². The van der Waals surface area contributed by atoms with Gasteiger partial charge in [0.15, 0.2) is 0 Å². The smallest absolute Gasteiger partial charge is 0.249 e. The van der Waals surface area contributed by atoms with Crippen molar-refractivity contribution in [1.29, 1.82) is 0 Å². The van der Waals surface area contributed by atoms with Crippen molar-refractivity contribution < 1.29 is 14.7 Å². The number of hydrogen-bond donors (Lipinski definition) is 2. The minimum atomic E-state index is -0.534. The first-order chi connectivity index (χ1) is 8.09. The Hall–Kier alpha value is -1.55. The second-order valence-electron chi connectivity index (χ2n) is 4.81. The molecule has 17 heavy (non-hydrogen) atoms. The number of nitrogens with one attached hydrogen (secondary N) is 1. The van der Waals surface area contributed by atoms with Crippen LogP contribution in [0.5, 0.6) is 5.75 Å². The molecule has 1 amide bonds. The second kappa shape index (κ2) is 4.37. The van der Waals surface area contributed by atoms with Crippen molar-refractivity contribution in [2.75, 3.05) is 7.11 Å². The molecule has 92 valence electrons. The minimum absolute atomic E-state index is 0.314. The fourth-order valence-corrected chi connectivity index (χ4v) is 2.39. The lowest BCUT2D eigenvalue weighted by molar-refractivity contribution is -0.139. The number of benzene rings is 1. The maximum Gasteiger partial charge on any atom is 0.249 e. The molecule has 0 spiro atoms. The van der Waals surface area contributed by atoms with E-state index in [1.54, 1.807) is 12.6 Å². The number of ether oxygens (including phenoxy) is 1. The van der Waals surface area contributed by atoms with E-state index in [2.05, 4.69) is 0 Å². The van der Waals surface area contributed by atoms with Crippen LogP contribution in [-0.4, -0.2) is 18.2 Å². The summed E-state index contributed by atoms with van der Waals surface area (Å²) in [4.78, 5) is 11.7. The summed E-state index contributed by atoms with van der Waals surface area (Å²) >= 11 is 0. The van der Waals surface area contributed by atoms with Gasteiger partial charge >= 0.3 is 0 Å². The molecular weight excluding hydrogens is 218 g/mol. The van der Waals surface area contributed by atoms with Crippen LogP contribution in [0.1, 0.15) is 24.5 Å². The van der Waals surface area contributed by atoms with Gasteiger partial charge in [-0.25, -0.2) is 5.48 Å². The molecule has 0 aliphatic heterocycles. The zero-order chi connectivity index (χ0) is 12.5. The number of aryl methyl sites for hydroxylation is 1. The molecule has 2 N–H and O–H groups in total. The monoisotopic (exact) mass is 235 g/mol. The third kappa shape index (κ3) is 2.13. The number of carbonyl (C=O) groups is 1. The first-order valence-electron chi connectivity index (χ1n) is 5.69. The van der Waals surface area contributed by atoms with Gasteiger partial charge in [-0.05, 0) is 42.5 Å². The van der Waals surface area contributed by atoms with Crippen molar-refractivity contribution in [2.45, 2.75) is 26.2 Å². The van der Waals surface area contributed by atoms with Crippen LogP contribution in [0.25, 0.3) is 0 Å². The van der Waals surface area contributed by atoms with Crippen LogP contribution in [0.3, 0.4) is 0 Å². The Labute approximate surface area is 101 Å². The summed E-state index contributed by atoms with van der Waals surface area (Å²) in [5, 5.41) is 8.78. The molecule has 1 aliphatic rings. The van der Waals surface area contributed by atoms with Gasteiger partial charge in [-0.2, -0.15) is 0 Å². The summed E-state index contributed by atoms with van der Waals surface area (Å²) in [5.74, 6) is 0.489. The van der Waals surface area contributed by atoms with E-state index < -0.39 is 5.41 Å². The Morgan fingerprint density at radius 1 is 1.47 bits per heavy atom. The van der Waals surface area contributed by atoms with E-state index in [0.29, 0.717) is 6.42 Å². The van der Waals surface area contributed by atoms with Crippen LogP contribution in [0.4, 0.5) is 0 Å². The zero-order valence-electron chi connectivity index (χ0n) is 10.1. The molecule has 1 unspecified atom stereocenters. The van der Waals surface area contributed by atoms with Gasteiger partial charge in [0.25, 0.3) is 0 Å². The molecule has 0 aromatic heterocycles. The molecule has 0 bridgehead atoms. The van der Waals surface area contributed by atoms with Crippen LogP contribution in [0.15, 0.2) is 18.2 Å². The molecular formula is C13H17NO3. The molecule has 0 fully saturated rings. The van der Waals surface area contributed by atoms with Gasteiger partial charge in [0.05, 0.1) is 12.5 Å². The highest BCUT2D eigenvalue weighted by atomic mass is 16.5. The number of rotatable bonds is 2. The third-order valence-electron chi connectivity index (χ3n) is 3.59. The molecule has 2 rings (SSSR count). The van der Waals surface area contributed by atoms with Gasteiger partial charge in [0.2, 0.25) is 5.91 Å². The molecule has 1 aromatic rings. The Bertz CT molecular complexity index is 444. The normalized spacial score (nSPS) is 22.8. The Morgan fingerprint density at radius 2 is 2.24 bits per heavy atom. The zero-order valence-corrected chi connectivity index (χ0v) is 10.1. The molecule has 1 aliphatic carbocycles. The van der Waals surface area contributed by atoms with Crippen LogP contribution in [-0.2, 0) is 17.6 Å². The largest absolute Gasteiger partial charge is 0.497 e. The fraction of sp³-hybridized carbons (Fsp3) is 0.462. The maximum absolute atomic E-state index is 11.7. The average molecular weight is 235 g/mol. The van der Waals surface area contributed by atoms with Crippen molar-refractivity contribution in [3.05, 3.63) is 29.3 Å². The number of carbonyl (C=O) groups excluding carboxylic acids is 1. The lowest BCUT2D eigenvalue weighted by atomic mass is 9.72. The first kappa shape index (κ1) is 11.9. The molecule has 0 heterocycles. The maximum atomic E-state index is 11.7. The van der Waals surface area contributed by atoms with E-state index >= 15 is 0 Å². The van der Waals surface area contributed by atoms with Crippen LogP contribution in [0.2, 0.25) is 0 Å². The van der Waals surface area contributed by atoms with E-state index in [4.69, 9.17) is 9.94 Å². The highest BCUT2D eigenvalue weighted by Crippen LogP contribution is 2.36. The van der Waals surface area contributed by atoms with Gasteiger partial charge in [-0.15, -0.1) is 0 Å². The van der Waals surface area contributed by atoms with Gasteiger partial charge in [0.1, 0.15) is 5.75 Å². The molecule has 1 aromatic carbocycles. The molecule has 0 radical (unpaired) electrons. The third-order valence-corrected chi connectivity index (χ3v) is 3.59. The molecule has 0 saturated heterocycles. The summed E-state index contributed by atoms with van der Waals surface area (Å²) in [6, 6.07) is 5.95. The number of hydrogen-bond acceptors (Lipinski definition) is 3. The number of fused-ring (bicyclic) bond motifs is 1. The van der Waals surface area contributed by atoms with E-state index in [1.165, 1.54) is 5.56 Å². The van der Waals surface area contributed by atoms with Crippen LogP contribution < -0.4 is 10.2 Å².